The number of nitrogens with zero attached hydrogens (tertiary/aromatic N) is 2. The molecule has 1 heterocycles. The fraction of sp³-hybridized carbons (Fsp3) is 0.353. The quantitative estimate of drug-likeness (QED) is 0.845. The number of amides is 1. The summed E-state index contributed by atoms with van der Waals surface area (Å²) in [6.45, 7) is 5.06. The smallest absolute Gasteiger partial charge is 0.310 e. The fourth-order valence-electron chi connectivity index (χ4n) is 2.03. The van der Waals surface area contributed by atoms with E-state index in [1.54, 1.807) is 37.9 Å². The molecule has 1 amide bonds. The number of carboxylic acids is 1. The molecule has 1 aromatic carbocycles. The number of hydrogen-bond donors (Lipinski definition) is 2. The summed E-state index contributed by atoms with van der Waals surface area (Å²) in [5.41, 5.74) is 0.926. The number of aryl methyl sites for hydroxylation is 1. The van der Waals surface area contributed by atoms with E-state index in [0.717, 1.165) is 11.3 Å². The van der Waals surface area contributed by atoms with Crippen molar-refractivity contribution >= 4 is 11.9 Å². The van der Waals surface area contributed by atoms with Gasteiger partial charge in [-0.25, -0.2) is 4.68 Å². The first-order valence-electron chi connectivity index (χ1n) is 7.47. The highest BCUT2D eigenvalue weighted by molar-refractivity contribution is 5.92. The SMILES string of the molecule is COc1ccc(C)cc1-n1ccc(C(=O)NCC(C)(C)C(=O)O)n1. The Kier molecular flexibility index (Phi) is 4.92. The van der Waals surface area contributed by atoms with E-state index in [4.69, 9.17) is 9.84 Å². The molecule has 0 aliphatic heterocycles. The fourth-order valence-corrected chi connectivity index (χ4v) is 2.03. The van der Waals surface area contributed by atoms with Crippen molar-refractivity contribution in [2.75, 3.05) is 13.7 Å². The van der Waals surface area contributed by atoms with Crippen LogP contribution in [0.4, 0.5) is 0 Å². The first-order valence-corrected chi connectivity index (χ1v) is 7.47. The number of ether oxygens (including phenoxy) is 1. The molecule has 0 radical (unpaired) electrons. The van der Waals surface area contributed by atoms with Crippen molar-refractivity contribution in [2.45, 2.75) is 20.8 Å². The molecule has 2 N–H and O–H groups in total. The third kappa shape index (κ3) is 3.73. The molecule has 0 aliphatic carbocycles. The van der Waals surface area contributed by atoms with E-state index in [2.05, 4.69) is 10.4 Å². The molecule has 0 saturated heterocycles. The average Bonchev–Trinajstić information content (AvgIpc) is 3.02. The summed E-state index contributed by atoms with van der Waals surface area (Å²) in [5, 5.41) is 15.9. The minimum atomic E-state index is -1.04. The minimum absolute atomic E-state index is 0.0157. The van der Waals surface area contributed by atoms with E-state index < -0.39 is 17.3 Å². The number of aromatic nitrogens is 2. The highest BCUT2D eigenvalue weighted by atomic mass is 16.5. The van der Waals surface area contributed by atoms with Crippen LogP contribution in [0, 0.1) is 12.3 Å². The highest BCUT2D eigenvalue weighted by Crippen LogP contribution is 2.23. The van der Waals surface area contributed by atoms with Crippen LogP contribution in [0.5, 0.6) is 5.75 Å². The van der Waals surface area contributed by atoms with Gasteiger partial charge in [-0.1, -0.05) is 6.07 Å². The van der Waals surface area contributed by atoms with Gasteiger partial charge in [0.05, 0.1) is 12.5 Å². The topological polar surface area (TPSA) is 93.5 Å². The predicted molar refractivity (Wildman–Crippen MR) is 88.6 cm³/mol. The number of carbonyl (C=O) groups excluding carboxylic acids is 1. The highest BCUT2D eigenvalue weighted by Gasteiger charge is 2.28. The van der Waals surface area contributed by atoms with Crippen LogP contribution in [-0.2, 0) is 4.79 Å². The van der Waals surface area contributed by atoms with Gasteiger partial charge in [0, 0.05) is 12.7 Å². The van der Waals surface area contributed by atoms with Gasteiger partial charge in [-0.2, -0.15) is 5.10 Å². The predicted octanol–water partition coefficient (Wildman–Crippen LogP) is 2.03. The van der Waals surface area contributed by atoms with E-state index in [0.29, 0.717) is 5.75 Å². The summed E-state index contributed by atoms with van der Waals surface area (Å²) in [4.78, 5) is 23.2. The summed E-state index contributed by atoms with van der Waals surface area (Å²) in [7, 11) is 1.57. The molecule has 0 bridgehead atoms. The Morgan fingerprint density at radius 3 is 2.67 bits per heavy atom. The molecule has 128 valence electrons. The second-order valence-corrected chi connectivity index (χ2v) is 6.19. The molecular weight excluding hydrogens is 310 g/mol. The van der Waals surface area contributed by atoms with Gasteiger partial charge >= 0.3 is 5.97 Å². The Morgan fingerprint density at radius 2 is 2.04 bits per heavy atom. The van der Waals surface area contributed by atoms with E-state index in [1.165, 1.54) is 0 Å². The van der Waals surface area contributed by atoms with Crippen molar-refractivity contribution in [3.63, 3.8) is 0 Å². The van der Waals surface area contributed by atoms with Crippen LogP contribution < -0.4 is 10.1 Å². The zero-order chi connectivity index (χ0) is 17.9. The Labute approximate surface area is 140 Å². The lowest BCUT2D eigenvalue weighted by atomic mass is 9.94. The number of nitrogens with one attached hydrogen (secondary N) is 1. The summed E-state index contributed by atoms with van der Waals surface area (Å²) in [6, 6.07) is 7.24. The van der Waals surface area contributed by atoms with Crippen LogP contribution in [0.3, 0.4) is 0 Å². The number of benzene rings is 1. The Morgan fingerprint density at radius 1 is 1.33 bits per heavy atom. The van der Waals surface area contributed by atoms with Crippen LogP contribution >= 0.6 is 0 Å². The van der Waals surface area contributed by atoms with Gasteiger partial charge in [-0.05, 0) is 44.5 Å². The monoisotopic (exact) mass is 331 g/mol. The number of carboxylic acid groups (broad SMARTS) is 1. The van der Waals surface area contributed by atoms with Crippen molar-refractivity contribution in [1.82, 2.24) is 15.1 Å². The largest absolute Gasteiger partial charge is 0.494 e. The zero-order valence-electron chi connectivity index (χ0n) is 14.2. The van der Waals surface area contributed by atoms with Gasteiger partial charge in [-0.15, -0.1) is 0 Å². The molecule has 7 nitrogen and oxygen atoms in total. The molecule has 0 saturated carbocycles. The van der Waals surface area contributed by atoms with Crippen molar-refractivity contribution in [2.24, 2.45) is 5.41 Å². The minimum Gasteiger partial charge on any atom is -0.494 e. The lowest BCUT2D eigenvalue weighted by molar-refractivity contribution is -0.146. The third-order valence-corrected chi connectivity index (χ3v) is 3.67. The Hall–Kier alpha value is -2.83. The van der Waals surface area contributed by atoms with Crippen LogP contribution in [0.25, 0.3) is 5.69 Å². The zero-order valence-corrected chi connectivity index (χ0v) is 14.2. The van der Waals surface area contributed by atoms with E-state index in [1.807, 2.05) is 25.1 Å². The lowest BCUT2D eigenvalue weighted by Crippen LogP contribution is -2.39. The number of hydrogen-bond acceptors (Lipinski definition) is 4. The van der Waals surface area contributed by atoms with E-state index in [9.17, 15) is 9.59 Å². The van der Waals surface area contributed by atoms with Crippen LogP contribution in [0.15, 0.2) is 30.5 Å². The summed E-state index contributed by atoms with van der Waals surface area (Å²) in [6.07, 6.45) is 1.66. The van der Waals surface area contributed by atoms with Crippen molar-refractivity contribution in [3.8, 4) is 11.4 Å². The van der Waals surface area contributed by atoms with Crippen molar-refractivity contribution in [1.29, 1.82) is 0 Å². The van der Waals surface area contributed by atoms with Gasteiger partial charge in [0.25, 0.3) is 5.91 Å². The molecule has 0 spiro atoms. The van der Waals surface area contributed by atoms with E-state index >= 15 is 0 Å². The van der Waals surface area contributed by atoms with Crippen molar-refractivity contribution < 1.29 is 19.4 Å². The number of carbonyl (C=O) groups is 2. The molecule has 2 rings (SSSR count). The summed E-state index contributed by atoms with van der Waals surface area (Å²) < 4.78 is 6.87. The second kappa shape index (κ2) is 6.74. The third-order valence-electron chi connectivity index (χ3n) is 3.67. The molecule has 0 unspecified atom stereocenters. The summed E-state index contributed by atoms with van der Waals surface area (Å²) >= 11 is 0. The van der Waals surface area contributed by atoms with Gasteiger partial charge in [0.2, 0.25) is 0 Å². The van der Waals surface area contributed by atoms with Crippen LogP contribution in [0.2, 0.25) is 0 Å². The standard InChI is InChI=1S/C17H21N3O4/c1-11-5-6-14(24-4)13(9-11)20-8-7-12(19-20)15(21)18-10-17(2,3)16(22)23/h5-9H,10H2,1-4H3,(H,18,21)(H,22,23). The molecule has 0 fully saturated rings. The number of methoxy groups -OCH3 is 1. The number of rotatable bonds is 6. The van der Waals surface area contributed by atoms with Crippen LogP contribution in [-0.4, -0.2) is 40.4 Å². The molecule has 1 aromatic heterocycles. The molecule has 24 heavy (non-hydrogen) atoms. The first kappa shape index (κ1) is 17.5. The van der Waals surface area contributed by atoms with Crippen molar-refractivity contribution in [3.05, 3.63) is 41.7 Å². The van der Waals surface area contributed by atoms with Gasteiger partial charge < -0.3 is 15.2 Å². The average molecular weight is 331 g/mol. The molecular formula is C17H21N3O4. The normalized spacial score (nSPS) is 11.2. The van der Waals surface area contributed by atoms with Gasteiger partial charge in [0.1, 0.15) is 11.4 Å². The van der Waals surface area contributed by atoms with E-state index in [-0.39, 0.29) is 12.2 Å². The molecule has 7 heteroatoms. The first-order chi connectivity index (χ1) is 11.2. The van der Waals surface area contributed by atoms with Gasteiger partial charge in [0.15, 0.2) is 5.69 Å². The maximum Gasteiger partial charge on any atom is 0.310 e. The molecule has 2 aromatic rings. The summed E-state index contributed by atoms with van der Waals surface area (Å²) in [5.74, 6) is -0.754. The molecule has 0 atom stereocenters. The van der Waals surface area contributed by atoms with Gasteiger partial charge in [-0.3, -0.25) is 9.59 Å². The Balaban J connectivity index is 2.18. The maximum atomic E-state index is 12.2. The number of aliphatic carboxylic acids is 1. The Bertz CT molecular complexity index is 765. The second-order valence-electron chi connectivity index (χ2n) is 6.19. The maximum absolute atomic E-state index is 12.2. The lowest BCUT2D eigenvalue weighted by Gasteiger charge is -2.18. The van der Waals surface area contributed by atoms with Crippen LogP contribution in [0.1, 0.15) is 29.9 Å². The molecule has 0 aliphatic rings.